The van der Waals surface area contributed by atoms with E-state index in [1.165, 1.54) is 27.7 Å². The Hall–Kier alpha value is -2.39. The molecule has 0 bridgehead atoms. The number of hydrogen-bond donors (Lipinski definition) is 1. The second-order valence-electron chi connectivity index (χ2n) is 9.98. The zero-order valence-electron chi connectivity index (χ0n) is 17.9. The normalized spacial score (nSPS) is 22.4. The van der Waals surface area contributed by atoms with Crippen LogP contribution in [0.15, 0.2) is 65.1 Å². The van der Waals surface area contributed by atoms with E-state index in [0.717, 1.165) is 17.7 Å². The summed E-state index contributed by atoms with van der Waals surface area (Å²) in [6.45, 7) is 6.54. The third-order valence-corrected chi connectivity index (χ3v) is 6.06. The van der Waals surface area contributed by atoms with Gasteiger partial charge in [0, 0.05) is 17.7 Å². The van der Waals surface area contributed by atoms with E-state index in [2.05, 4.69) is 89.7 Å². The zero-order chi connectivity index (χ0) is 20.3. The molecule has 4 rings (SSSR count). The maximum Gasteiger partial charge on any atom is 0.162 e. The average molecular weight is 376 g/mol. The van der Waals surface area contributed by atoms with Crippen molar-refractivity contribution in [2.45, 2.75) is 39.5 Å². The number of fused-ring (bicyclic) bond motifs is 1. The summed E-state index contributed by atoms with van der Waals surface area (Å²) in [5.41, 5.74) is 5.78. The van der Waals surface area contributed by atoms with Crippen LogP contribution in [-0.4, -0.2) is 31.4 Å². The molecule has 0 radical (unpaired) electrons. The molecular weight excluding hydrogens is 344 g/mol. The summed E-state index contributed by atoms with van der Waals surface area (Å²) >= 11 is 0. The van der Waals surface area contributed by atoms with Crippen LogP contribution in [0.1, 0.15) is 45.1 Å². The lowest BCUT2D eigenvalue weighted by Gasteiger charge is -2.43. The predicted octanol–water partition coefficient (Wildman–Crippen LogP) is 5.11. The number of carbonyl (C=O) groups excluding carboxylic acids is 1. The fraction of sp³-hybridized carbons (Fsp3) is 0.400. The maximum atomic E-state index is 13.4. The molecule has 1 aliphatic carbocycles. The van der Waals surface area contributed by atoms with Crippen molar-refractivity contribution in [1.82, 2.24) is 5.32 Å². The summed E-state index contributed by atoms with van der Waals surface area (Å²) in [6.07, 6.45) is 1.52. The van der Waals surface area contributed by atoms with Gasteiger partial charge in [0.15, 0.2) is 5.78 Å². The van der Waals surface area contributed by atoms with Gasteiger partial charge in [-0.3, -0.25) is 9.28 Å². The second-order valence-corrected chi connectivity index (χ2v) is 9.98. The topological polar surface area (TPSA) is 29.1 Å². The van der Waals surface area contributed by atoms with Crippen LogP contribution in [0.2, 0.25) is 0 Å². The van der Waals surface area contributed by atoms with Gasteiger partial charge in [0.05, 0.1) is 32.8 Å². The van der Waals surface area contributed by atoms with Gasteiger partial charge in [0.25, 0.3) is 0 Å². The van der Waals surface area contributed by atoms with Crippen molar-refractivity contribution >= 4 is 16.6 Å². The minimum absolute atomic E-state index is 0.000591. The van der Waals surface area contributed by atoms with E-state index in [9.17, 15) is 4.79 Å². The number of likely N-dealkylation sites (N-methyl/N-ethyl adjacent to an activating group) is 1. The van der Waals surface area contributed by atoms with Crippen LogP contribution in [0, 0.1) is 5.41 Å². The summed E-state index contributed by atoms with van der Waals surface area (Å²) in [4.78, 5) is 13.4. The highest BCUT2D eigenvalue weighted by Gasteiger charge is 2.45. The number of quaternary nitrogens is 1. The Morgan fingerprint density at radius 2 is 1.68 bits per heavy atom. The molecule has 0 spiro atoms. The SMILES string of the molecule is CC1=C([N+](C)(C)C)C(c2cccc3ccccc23)C2=C(CC(C)(C)CC2=O)N1. The number of dihydropyridines is 1. The molecule has 2 aromatic carbocycles. The lowest BCUT2D eigenvalue weighted by Crippen LogP contribution is -2.45. The van der Waals surface area contributed by atoms with E-state index in [4.69, 9.17) is 0 Å². The minimum atomic E-state index is -0.00838. The molecule has 146 valence electrons. The molecule has 1 N–H and O–H groups in total. The van der Waals surface area contributed by atoms with Crippen LogP contribution in [0.4, 0.5) is 0 Å². The zero-order valence-corrected chi connectivity index (χ0v) is 17.9. The molecule has 0 saturated heterocycles. The van der Waals surface area contributed by atoms with Crippen LogP contribution >= 0.6 is 0 Å². The number of Topliss-reactive ketones (excluding diaryl/α,β-unsaturated/α-hetero) is 1. The highest BCUT2D eigenvalue weighted by Crippen LogP contribution is 2.49. The lowest BCUT2D eigenvalue weighted by atomic mass is 9.69. The van der Waals surface area contributed by atoms with Crippen molar-refractivity contribution in [2.24, 2.45) is 5.41 Å². The van der Waals surface area contributed by atoms with Crippen LogP contribution in [0.3, 0.4) is 0 Å². The number of nitrogens with zero attached hydrogens (tertiary/aromatic N) is 1. The van der Waals surface area contributed by atoms with Crippen LogP contribution in [-0.2, 0) is 4.79 Å². The Bertz CT molecular complexity index is 1030. The molecule has 1 unspecified atom stereocenters. The summed E-state index contributed by atoms with van der Waals surface area (Å²) in [5.74, 6) is 0.279. The first-order valence-electron chi connectivity index (χ1n) is 10.1. The number of hydrogen-bond acceptors (Lipinski definition) is 2. The van der Waals surface area contributed by atoms with Gasteiger partial charge in [0.1, 0.15) is 5.70 Å². The fourth-order valence-corrected chi connectivity index (χ4v) is 5.12. The molecule has 1 aliphatic heterocycles. The number of ketones is 1. The highest BCUT2D eigenvalue weighted by molar-refractivity contribution is 6.01. The molecule has 1 heterocycles. The first-order valence-corrected chi connectivity index (χ1v) is 10.1. The van der Waals surface area contributed by atoms with Gasteiger partial charge in [0.2, 0.25) is 0 Å². The van der Waals surface area contributed by atoms with Gasteiger partial charge >= 0.3 is 0 Å². The Morgan fingerprint density at radius 1 is 1.00 bits per heavy atom. The smallest absolute Gasteiger partial charge is 0.162 e. The molecule has 1 atom stereocenters. The summed E-state index contributed by atoms with van der Waals surface area (Å²) in [7, 11) is 6.59. The van der Waals surface area contributed by atoms with Crippen LogP contribution in [0.5, 0.6) is 0 Å². The molecule has 0 amide bonds. The van der Waals surface area contributed by atoms with E-state index in [-0.39, 0.29) is 17.1 Å². The van der Waals surface area contributed by atoms with Crippen molar-refractivity contribution in [3.8, 4) is 0 Å². The van der Waals surface area contributed by atoms with E-state index < -0.39 is 0 Å². The lowest BCUT2D eigenvalue weighted by molar-refractivity contribution is -0.834. The molecule has 0 aromatic heterocycles. The molecule has 2 aliphatic rings. The van der Waals surface area contributed by atoms with E-state index in [0.29, 0.717) is 10.9 Å². The monoisotopic (exact) mass is 375 g/mol. The highest BCUT2D eigenvalue weighted by atomic mass is 16.1. The number of nitrogens with one attached hydrogen (secondary N) is 1. The number of rotatable bonds is 2. The number of allylic oxidation sites excluding steroid dienone is 3. The standard InChI is InChI=1S/C25H30N2O/c1-16-24(27(4,5)6)22(19-13-9-11-17-10-7-8-12-18(17)19)23-20(26-16)14-25(2,3)15-21(23)28/h7-13,22H,14-15H2,1-6H3/p+1. The predicted molar refractivity (Wildman–Crippen MR) is 116 cm³/mol. The molecule has 2 aromatic rings. The van der Waals surface area contributed by atoms with Crippen LogP contribution in [0.25, 0.3) is 10.8 Å². The second kappa shape index (κ2) is 6.31. The Morgan fingerprint density at radius 3 is 2.39 bits per heavy atom. The minimum Gasteiger partial charge on any atom is -0.358 e. The molecule has 0 fully saturated rings. The van der Waals surface area contributed by atoms with E-state index >= 15 is 0 Å². The Balaban J connectivity index is 2.02. The van der Waals surface area contributed by atoms with Crippen molar-refractivity contribution in [2.75, 3.05) is 21.1 Å². The Kier molecular flexibility index (Phi) is 4.27. The van der Waals surface area contributed by atoms with Crippen molar-refractivity contribution in [3.63, 3.8) is 0 Å². The van der Waals surface area contributed by atoms with Crippen molar-refractivity contribution < 1.29 is 9.28 Å². The fourth-order valence-electron chi connectivity index (χ4n) is 5.12. The van der Waals surface area contributed by atoms with Gasteiger partial charge in [-0.2, -0.15) is 0 Å². The number of benzene rings is 2. The molecule has 0 saturated carbocycles. The van der Waals surface area contributed by atoms with Crippen LogP contribution < -0.4 is 5.32 Å². The molecule has 3 nitrogen and oxygen atoms in total. The Labute approximate surface area is 168 Å². The van der Waals surface area contributed by atoms with E-state index in [1.54, 1.807) is 0 Å². The third kappa shape index (κ3) is 3.08. The van der Waals surface area contributed by atoms with Crippen molar-refractivity contribution in [3.05, 3.63) is 70.7 Å². The first kappa shape index (κ1) is 18.9. The van der Waals surface area contributed by atoms with Gasteiger partial charge in [-0.25, -0.2) is 0 Å². The third-order valence-electron chi connectivity index (χ3n) is 6.06. The largest absolute Gasteiger partial charge is 0.358 e. The average Bonchev–Trinajstić information content (AvgIpc) is 2.57. The van der Waals surface area contributed by atoms with Gasteiger partial charge in [-0.1, -0.05) is 56.3 Å². The summed E-state index contributed by atoms with van der Waals surface area (Å²) in [6, 6.07) is 15.0. The first-order chi connectivity index (χ1) is 13.1. The molecule has 28 heavy (non-hydrogen) atoms. The van der Waals surface area contributed by atoms with E-state index in [1.807, 2.05) is 0 Å². The quantitative estimate of drug-likeness (QED) is 0.739. The maximum absolute atomic E-state index is 13.4. The molecular formula is C25H31N2O+. The summed E-state index contributed by atoms with van der Waals surface area (Å²) < 4.78 is 0.695. The van der Waals surface area contributed by atoms with Gasteiger partial charge < -0.3 is 5.32 Å². The number of carbonyl (C=O) groups is 1. The van der Waals surface area contributed by atoms with Gasteiger partial charge in [-0.05, 0) is 35.1 Å². The molecule has 3 heteroatoms. The van der Waals surface area contributed by atoms with Crippen molar-refractivity contribution in [1.29, 1.82) is 0 Å². The summed E-state index contributed by atoms with van der Waals surface area (Å²) in [5, 5.41) is 6.09. The van der Waals surface area contributed by atoms with Gasteiger partial charge in [-0.15, -0.1) is 0 Å².